The van der Waals surface area contributed by atoms with Crippen molar-refractivity contribution in [3.05, 3.63) is 58.7 Å². The fraction of sp³-hybridized carbons (Fsp3) is 0.318. The molecule has 0 N–H and O–H groups in total. The van der Waals surface area contributed by atoms with Crippen molar-refractivity contribution in [2.75, 3.05) is 27.4 Å². The molecule has 0 unspecified atom stereocenters. The Hall–Kier alpha value is -2.57. The molecule has 1 atom stereocenters. The lowest BCUT2D eigenvalue weighted by Crippen LogP contribution is -2.23. The Morgan fingerprint density at radius 1 is 1.07 bits per heavy atom. The quantitative estimate of drug-likeness (QED) is 0.532. The highest BCUT2D eigenvalue weighted by Crippen LogP contribution is 2.29. The average molecular weight is 399 g/mol. The average Bonchev–Trinajstić information content (AvgIpc) is 3.13. The second-order valence-electron chi connectivity index (χ2n) is 6.32. The van der Waals surface area contributed by atoms with Gasteiger partial charge in [-0.15, -0.1) is 11.3 Å². The molecule has 0 aliphatic rings. The minimum Gasteiger partial charge on any atom is -0.497 e. The highest BCUT2D eigenvalue weighted by atomic mass is 32.1. The fourth-order valence-corrected chi connectivity index (χ4v) is 4.06. The predicted octanol–water partition coefficient (Wildman–Crippen LogP) is 5.06. The molecular weight excluding hydrogens is 372 g/mol. The number of hydrogen-bond donors (Lipinski definition) is 0. The zero-order valence-corrected chi connectivity index (χ0v) is 17.5. The number of benzene rings is 2. The van der Waals surface area contributed by atoms with Gasteiger partial charge in [0.1, 0.15) is 17.2 Å². The molecule has 6 heteroatoms. The molecular formula is C22H26N2O3S. The van der Waals surface area contributed by atoms with Crippen molar-refractivity contribution in [2.45, 2.75) is 19.9 Å². The van der Waals surface area contributed by atoms with Gasteiger partial charge in [0, 0.05) is 12.5 Å². The summed E-state index contributed by atoms with van der Waals surface area (Å²) in [5.41, 5.74) is 3.04. The zero-order valence-electron chi connectivity index (χ0n) is 16.7. The lowest BCUT2D eigenvalue weighted by atomic mass is 10.1. The first-order valence-corrected chi connectivity index (χ1v) is 10.2. The molecule has 0 aliphatic heterocycles. The molecule has 0 amide bonds. The van der Waals surface area contributed by atoms with Crippen LogP contribution < -0.4 is 14.3 Å². The van der Waals surface area contributed by atoms with E-state index in [0.717, 1.165) is 33.2 Å². The van der Waals surface area contributed by atoms with Crippen molar-refractivity contribution >= 4 is 17.0 Å². The van der Waals surface area contributed by atoms with Crippen LogP contribution in [0.25, 0.3) is 11.3 Å². The van der Waals surface area contributed by atoms with E-state index in [1.54, 1.807) is 25.6 Å². The van der Waals surface area contributed by atoms with Gasteiger partial charge in [0.25, 0.3) is 0 Å². The van der Waals surface area contributed by atoms with Crippen molar-refractivity contribution < 1.29 is 14.2 Å². The largest absolute Gasteiger partial charge is 0.497 e. The molecule has 0 radical (unpaired) electrons. The summed E-state index contributed by atoms with van der Waals surface area (Å²) in [5.74, 6) is 1.63. The molecule has 3 rings (SSSR count). The number of hydrogen-bond acceptors (Lipinski definition) is 5. The number of aromatic nitrogens is 1. The van der Waals surface area contributed by atoms with Gasteiger partial charge in [0.2, 0.25) is 0 Å². The second-order valence-corrected chi connectivity index (χ2v) is 7.16. The SMILES string of the molecule is CCOc1ccccc1N=c1scc(-c2ccc(OC)cc2)n1[C@H](C)COC. The maximum absolute atomic E-state index is 5.74. The Labute approximate surface area is 169 Å². The number of methoxy groups -OCH3 is 2. The molecule has 0 aliphatic carbocycles. The van der Waals surface area contributed by atoms with Crippen molar-refractivity contribution in [1.29, 1.82) is 0 Å². The molecule has 148 valence electrons. The van der Waals surface area contributed by atoms with Crippen LogP contribution in [0.1, 0.15) is 19.9 Å². The van der Waals surface area contributed by atoms with Crippen LogP contribution in [0.3, 0.4) is 0 Å². The summed E-state index contributed by atoms with van der Waals surface area (Å²) in [6.07, 6.45) is 0. The van der Waals surface area contributed by atoms with E-state index in [1.807, 2.05) is 43.3 Å². The van der Waals surface area contributed by atoms with Crippen LogP contribution in [0.4, 0.5) is 5.69 Å². The topological polar surface area (TPSA) is 45.0 Å². The number of rotatable bonds is 8. The van der Waals surface area contributed by atoms with Gasteiger partial charge in [-0.25, -0.2) is 4.99 Å². The van der Waals surface area contributed by atoms with Crippen molar-refractivity contribution in [1.82, 2.24) is 4.57 Å². The molecule has 0 fully saturated rings. The summed E-state index contributed by atoms with van der Waals surface area (Å²) in [5, 5.41) is 2.14. The highest BCUT2D eigenvalue weighted by Gasteiger charge is 2.15. The molecule has 0 saturated heterocycles. The van der Waals surface area contributed by atoms with E-state index in [-0.39, 0.29) is 6.04 Å². The van der Waals surface area contributed by atoms with Crippen molar-refractivity contribution in [2.24, 2.45) is 4.99 Å². The lowest BCUT2D eigenvalue weighted by Gasteiger charge is -2.17. The van der Waals surface area contributed by atoms with Gasteiger partial charge in [-0.2, -0.15) is 0 Å². The van der Waals surface area contributed by atoms with Gasteiger partial charge in [-0.3, -0.25) is 0 Å². The zero-order chi connectivity index (χ0) is 19.9. The lowest BCUT2D eigenvalue weighted by molar-refractivity contribution is 0.162. The fourth-order valence-electron chi connectivity index (χ4n) is 3.05. The van der Waals surface area contributed by atoms with E-state index < -0.39 is 0 Å². The van der Waals surface area contributed by atoms with E-state index in [1.165, 1.54) is 0 Å². The standard InChI is InChI=1S/C22H26N2O3S/c1-5-27-21-9-7-6-8-19(21)23-22-24(16(2)14-25-3)20(15-28-22)17-10-12-18(26-4)13-11-17/h6-13,15-16H,5,14H2,1-4H3/t16-/m1/s1. The summed E-state index contributed by atoms with van der Waals surface area (Å²) < 4.78 is 18.7. The third-order valence-electron chi connectivity index (χ3n) is 4.36. The molecule has 3 aromatic rings. The van der Waals surface area contributed by atoms with E-state index in [9.17, 15) is 0 Å². The number of para-hydroxylation sites is 2. The maximum Gasteiger partial charge on any atom is 0.190 e. The summed E-state index contributed by atoms with van der Waals surface area (Å²) >= 11 is 1.61. The molecule has 5 nitrogen and oxygen atoms in total. The van der Waals surface area contributed by atoms with E-state index in [0.29, 0.717) is 13.2 Å². The molecule has 28 heavy (non-hydrogen) atoms. The first-order valence-electron chi connectivity index (χ1n) is 9.27. The van der Waals surface area contributed by atoms with Crippen LogP contribution in [0.5, 0.6) is 11.5 Å². The summed E-state index contributed by atoms with van der Waals surface area (Å²) in [7, 11) is 3.39. The normalized spacial score (nSPS) is 12.8. The van der Waals surface area contributed by atoms with Gasteiger partial charge in [-0.1, -0.05) is 12.1 Å². The molecule has 0 spiro atoms. The van der Waals surface area contributed by atoms with Gasteiger partial charge in [0.05, 0.1) is 32.1 Å². The van der Waals surface area contributed by atoms with Crippen molar-refractivity contribution in [3.8, 4) is 22.8 Å². The third kappa shape index (κ3) is 4.46. The van der Waals surface area contributed by atoms with Crippen LogP contribution in [0.2, 0.25) is 0 Å². The van der Waals surface area contributed by atoms with E-state index in [4.69, 9.17) is 19.2 Å². The Bertz CT molecular complexity index is 960. The van der Waals surface area contributed by atoms with Crippen LogP contribution in [0.15, 0.2) is 58.9 Å². The summed E-state index contributed by atoms with van der Waals surface area (Å²) in [6, 6.07) is 16.1. The monoisotopic (exact) mass is 398 g/mol. The summed E-state index contributed by atoms with van der Waals surface area (Å²) in [4.78, 5) is 5.82. The molecule has 0 saturated carbocycles. The minimum absolute atomic E-state index is 0.131. The number of nitrogens with zero attached hydrogens (tertiary/aromatic N) is 2. The predicted molar refractivity (Wildman–Crippen MR) is 114 cm³/mol. The van der Waals surface area contributed by atoms with Gasteiger partial charge >= 0.3 is 0 Å². The first-order chi connectivity index (χ1) is 13.7. The van der Waals surface area contributed by atoms with Crippen LogP contribution in [-0.4, -0.2) is 32.0 Å². The highest BCUT2D eigenvalue weighted by molar-refractivity contribution is 7.07. The van der Waals surface area contributed by atoms with Crippen LogP contribution in [-0.2, 0) is 4.74 Å². The Balaban J connectivity index is 2.13. The van der Waals surface area contributed by atoms with E-state index in [2.05, 4.69) is 29.0 Å². The maximum atomic E-state index is 5.74. The summed E-state index contributed by atoms with van der Waals surface area (Å²) in [6.45, 7) is 5.32. The smallest absolute Gasteiger partial charge is 0.190 e. The minimum atomic E-state index is 0.131. The van der Waals surface area contributed by atoms with Gasteiger partial charge in [0.15, 0.2) is 4.80 Å². The first kappa shape index (κ1) is 20.2. The van der Waals surface area contributed by atoms with Crippen molar-refractivity contribution in [3.63, 3.8) is 0 Å². The van der Waals surface area contributed by atoms with Crippen LogP contribution in [0, 0.1) is 0 Å². The molecule has 1 heterocycles. The Morgan fingerprint density at radius 3 is 2.50 bits per heavy atom. The molecule has 1 aromatic heterocycles. The molecule has 2 aromatic carbocycles. The number of ether oxygens (including phenoxy) is 3. The Kier molecular flexibility index (Phi) is 6.90. The Morgan fingerprint density at radius 2 is 1.82 bits per heavy atom. The second kappa shape index (κ2) is 9.57. The van der Waals surface area contributed by atoms with E-state index >= 15 is 0 Å². The van der Waals surface area contributed by atoms with Gasteiger partial charge in [-0.05, 0) is 55.8 Å². The molecule has 0 bridgehead atoms. The third-order valence-corrected chi connectivity index (χ3v) is 5.20. The van der Waals surface area contributed by atoms with Gasteiger partial charge < -0.3 is 18.8 Å². The van der Waals surface area contributed by atoms with Crippen LogP contribution >= 0.6 is 11.3 Å². The number of thiazole rings is 1.